The van der Waals surface area contributed by atoms with Crippen LogP contribution < -0.4 is 5.32 Å². The number of nitrogens with zero attached hydrogens (tertiary/aromatic N) is 1. The summed E-state index contributed by atoms with van der Waals surface area (Å²) < 4.78 is 38.1. The summed E-state index contributed by atoms with van der Waals surface area (Å²) in [7, 11) is 0. The van der Waals surface area contributed by atoms with Crippen LogP contribution in [0.2, 0.25) is 0 Å². The van der Waals surface area contributed by atoms with Crippen LogP contribution in [-0.2, 0) is 21.5 Å². The number of ether oxygens (including phenoxy) is 1. The molecule has 0 amide bonds. The molecule has 1 saturated heterocycles. The average Bonchev–Trinajstić information content (AvgIpc) is 3.25. The van der Waals surface area contributed by atoms with Crippen LogP contribution in [0.15, 0.2) is 54.7 Å². The van der Waals surface area contributed by atoms with E-state index in [9.17, 15) is 13.2 Å². The van der Waals surface area contributed by atoms with Crippen molar-refractivity contribution in [1.29, 1.82) is 0 Å². The molecule has 8 heteroatoms. The number of carboxylic acids is 1. The van der Waals surface area contributed by atoms with Crippen LogP contribution in [0.1, 0.15) is 56.2 Å². The van der Waals surface area contributed by atoms with Crippen LogP contribution in [0.25, 0.3) is 0 Å². The van der Waals surface area contributed by atoms with Gasteiger partial charge < -0.3 is 15.2 Å². The molecule has 1 aliphatic heterocycles. The van der Waals surface area contributed by atoms with Crippen molar-refractivity contribution in [2.75, 3.05) is 13.2 Å². The van der Waals surface area contributed by atoms with Crippen molar-refractivity contribution < 1.29 is 27.8 Å². The molecule has 1 aliphatic carbocycles. The molecule has 2 aliphatic rings. The van der Waals surface area contributed by atoms with Crippen LogP contribution in [0.4, 0.5) is 13.2 Å². The number of hydrogen-bond acceptors (Lipinski definition) is 4. The number of rotatable bonds is 6. The fourth-order valence-electron chi connectivity index (χ4n) is 4.95. The lowest BCUT2D eigenvalue weighted by Crippen LogP contribution is -2.47. The van der Waals surface area contributed by atoms with Gasteiger partial charge in [-0.15, -0.1) is 0 Å². The first-order valence-corrected chi connectivity index (χ1v) is 11.4. The maximum Gasteiger partial charge on any atom is 0.490 e. The van der Waals surface area contributed by atoms with E-state index in [-0.39, 0.29) is 11.0 Å². The molecule has 1 atom stereocenters. The van der Waals surface area contributed by atoms with Crippen LogP contribution in [-0.4, -0.2) is 41.0 Å². The number of halogens is 3. The van der Waals surface area contributed by atoms with E-state index in [2.05, 4.69) is 47.8 Å². The number of carbonyl (C=O) groups is 1. The highest BCUT2D eigenvalue weighted by molar-refractivity contribution is 5.73. The fraction of sp³-hybridized carbons (Fsp3) is 0.520. The summed E-state index contributed by atoms with van der Waals surface area (Å²) in [4.78, 5) is 13.7. The zero-order valence-electron chi connectivity index (χ0n) is 18.6. The van der Waals surface area contributed by atoms with E-state index >= 15 is 0 Å². The summed E-state index contributed by atoms with van der Waals surface area (Å²) in [6, 6.07) is 17.0. The third-order valence-electron chi connectivity index (χ3n) is 6.57. The minimum Gasteiger partial charge on any atom is -0.475 e. The largest absolute Gasteiger partial charge is 0.490 e. The van der Waals surface area contributed by atoms with E-state index in [0.29, 0.717) is 0 Å². The third kappa shape index (κ3) is 7.01. The standard InChI is InChI=1S/C23H30N2O.C2HF3O2/c1-2-8-20(9-3-1)18-24-16-13-22(21-10-4-7-15-25-21)14-17-26-23(19-22)11-5-6-12-23;3-2(4,5)1(6)7/h1-4,7-10,15,24H,5-6,11-14,16-19H2;(H,6,7). The summed E-state index contributed by atoms with van der Waals surface area (Å²) in [5, 5.41) is 10.8. The van der Waals surface area contributed by atoms with Gasteiger partial charge in [-0.1, -0.05) is 49.2 Å². The van der Waals surface area contributed by atoms with Crippen LogP contribution in [0, 0.1) is 0 Å². The van der Waals surface area contributed by atoms with E-state index in [1.807, 2.05) is 12.3 Å². The number of pyridine rings is 1. The van der Waals surface area contributed by atoms with Gasteiger partial charge in [-0.3, -0.25) is 4.98 Å². The van der Waals surface area contributed by atoms with Crippen molar-refractivity contribution in [3.05, 3.63) is 66.0 Å². The van der Waals surface area contributed by atoms with Crippen LogP contribution >= 0.6 is 0 Å². The molecule has 1 saturated carbocycles. The van der Waals surface area contributed by atoms with Crippen molar-refractivity contribution in [2.45, 2.75) is 68.7 Å². The van der Waals surface area contributed by atoms with E-state index in [0.717, 1.165) is 39.0 Å². The van der Waals surface area contributed by atoms with Crippen molar-refractivity contribution in [2.24, 2.45) is 0 Å². The Morgan fingerprint density at radius 1 is 1.06 bits per heavy atom. The number of carboxylic acid groups (broad SMARTS) is 1. The molecular formula is C25H31F3N2O3. The smallest absolute Gasteiger partial charge is 0.475 e. The van der Waals surface area contributed by atoms with E-state index in [4.69, 9.17) is 19.6 Å². The topological polar surface area (TPSA) is 71.5 Å². The number of aromatic nitrogens is 1. The molecule has 5 nitrogen and oxygen atoms in total. The van der Waals surface area contributed by atoms with E-state index in [1.165, 1.54) is 36.9 Å². The Bertz CT molecular complexity index is 871. The molecule has 4 rings (SSSR count). The van der Waals surface area contributed by atoms with E-state index < -0.39 is 12.1 Å². The van der Waals surface area contributed by atoms with Gasteiger partial charge in [-0.2, -0.15) is 13.2 Å². The van der Waals surface area contributed by atoms with Gasteiger partial charge in [0.05, 0.1) is 5.60 Å². The quantitative estimate of drug-likeness (QED) is 0.571. The van der Waals surface area contributed by atoms with E-state index in [1.54, 1.807) is 0 Å². The van der Waals surface area contributed by atoms with Gasteiger partial charge in [0.15, 0.2) is 0 Å². The molecule has 1 spiro atoms. The SMILES string of the molecule is O=C(O)C(F)(F)F.c1ccc(CNCCC2(c3ccccn3)CCOC3(CCCC3)C2)cc1. The summed E-state index contributed by atoms with van der Waals surface area (Å²) in [5.74, 6) is -2.76. The Morgan fingerprint density at radius 3 is 2.33 bits per heavy atom. The van der Waals surface area contributed by atoms with Crippen molar-refractivity contribution in [3.63, 3.8) is 0 Å². The zero-order valence-corrected chi connectivity index (χ0v) is 18.6. The molecular weight excluding hydrogens is 433 g/mol. The second kappa shape index (κ2) is 11.1. The Labute approximate surface area is 192 Å². The molecule has 0 bridgehead atoms. The predicted octanol–water partition coefficient (Wildman–Crippen LogP) is 5.26. The van der Waals surface area contributed by atoms with Crippen molar-refractivity contribution in [1.82, 2.24) is 10.3 Å². The van der Waals surface area contributed by atoms with Gasteiger partial charge in [0.25, 0.3) is 0 Å². The average molecular weight is 465 g/mol. The molecule has 2 aromatic rings. The summed E-state index contributed by atoms with van der Waals surface area (Å²) >= 11 is 0. The van der Waals surface area contributed by atoms with Crippen molar-refractivity contribution >= 4 is 5.97 Å². The van der Waals surface area contributed by atoms with Gasteiger partial charge in [0, 0.05) is 30.5 Å². The van der Waals surface area contributed by atoms with Gasteiger partial charge in [-0.25, -0.2) is 4.79 Å². The molecule has 1 unspecified atom stereocenters. The first kappa shape index (κ1) is 25.2. The fourth-order valence-corrected chi connectivity index (χ4v) is 4.95. The molecule has 2 heterocycles. The van der Waals surface area contributed by atoms with Crippen molar-refractivity contribution in [3.8, 4) is 0 Å². The summed E-state index contributed by atoms with van der Waals surface area (Å²) in [5.41, 5.74) is 2.86. The lowest BCUT2D eigenvalue weighted by molar-refractivity contribution is -0.192. The highest BCUT2D eigenvalue weighted by atomic mass is 19.4. The first-order valence-electron chi connectivity index (χ1n) is 11.4. The normalized spacial score (nSPS) is 21.9. The van der Waals surface area contributed by atoms with Crippen LogP contribution in [0.5, 0.6) is 0 Å². The Kier molecular flexibility index (Phi) is 8.48. The second-order valence-electron chi connectivity index (χ2n) is 8.88. The minimum absolute atomic E-state index is 0.106. The Morgan fingerprint density at radius 2 is 1.73 bits per heavy atom. The Balaban J connectivity index is 0.000000383. The zero-order chi connectivity index (χ0) is 23.8. The molecule has 1 aromatic carbocycles. The maximum atomic E-state index is 10.6. The third-order valence-corrected chi connectivity index (χ3v) is 6.57. The van der Waals surface area contributed by atoms with Gasteiger partial charge in [-0.05, 0) is 56.3 Å². The number of hydrogen-bond donors (Lipinski definition) is 2. The number of alkyl halides is 3. The summed E-state index contributed by atoms with van der Waals surface area (Å²) in [6.45, 7) is 2.82. The first-order chi connectivity index (χ1) is 15.7. The highest BCUT2D eigenvalue weighted by Crippen LogP contribution is 2.49. The van der Waals surface area contributed by atoms with Crippen LogP contribution in [0.3, 0.4) is 0 Å². The Hall–Kier alpha value is -2.45. The molecule has 180 valence electrons. The number of nitrogens with one attached hydrogen (secondary N) is 1. The molecule has 33 heavy (non-hydrogen) atoms. The van der Waals surface area contributed by atoms with Gasteiger partial charge in [0.1, 0.15) is 0 Å². The lowest BCUT2D eigenvalue weighted by Gasteiger charge is -2.46. The second-order valence-corrected chi connectivity index (χ2v) is 8.88. The van der Waals surface area contributed by atoms with Gasteiger partial charge >= 0.3 is 12.1 Å². The highest BCUT2D eigenvalue weighted by Gasteiger charge is 2.48. The monoisotopic (exact) mass is 464 g/mol. The lowest BCUT2D eigenvalue weighted by atomic mass is 9.68. The summed E-state index contributed by atoms with van der Waals surface area (Å²) in [6.07, 6.45) is 5.27. The molecule has 1 aromatic heterocycles. The van der Waals surface area contributed by atoms with Gasteiger partial charge in [0.2, 0.25) is 0 Å². The molecule has 0 radical (unpaired) electrons. The number of benzene rings is 1. The maximum absolute atomic E-state index is 10.6. The molecule has 2 fully saturated rings. The molecule has 2 N–H and O–H groups in total. The minimum atomic E-state index is -5.08. The number of aliphatic carboxylic acids is 1. The predicted molar refractivity (Wildman–Crippen MR) is 119 cm³/mol.